The van der Waals surface area contributed by atoms with E-state index in [-0.39, 0.29) is 13.2 Å². The third kappa shape index (κ3) is 2.37. The Labute approximate surface area is 137 Å². The first-order valence-electron chi connectivity index (χ1n) is 7.44. The molecule has 10 heteroatoms. The average Bonchev–Trinajstić information content (AvgIpc) is 2.70. The van der Waals surface area contributed by atoms with Crippen LogP contribution in [0.3, 0.4) is 0 Å². The number of aliphatic hydroxyl groups is 3. The predicted octanol–water partition coefficient (Wildman–Crippen LogP) is -2.00. The van der Waals surface area contributed by atoms with Crippen LogP contribution in [0.5, 0.6) is 0 Å². The summed E-state index contributed by atoms with van der Waals surface area (Å²) in [5, 5.41) is 31.1. The molecule has 10 nitrogen and oxygen atoms in total. The number of fused-ring (bicyclic) bond motifs is 1. The fourth-order valence-corrected chi connectivity index (χ4v) is 3.02. The number of hydrogen-bond acceptors (Lipinski definition) is 10. The molecule has 3 N–H and O–H groups in total. The van der Waals surface area contributed by atoms with Gasteiger partial charge < -0.3 is 34.3 Å². The van der Waals surface area contributed by atoms with Crippen molar-refractivity contribution < 1.29 is 48.7 Å². The van der Waals surface area contributed by atoms with Gasteiger partial charge in [0.25, 0.3) is 5.60 Å². The molecular formula is C14H20O10. The molecule has 0 aromatic rings. The molecule has 2 fully saturated rings. The number of cyclic esters (lactones) is 1. The number of aliphatic hydroxyl groups excluding tert-OH is 1. The van der Waals surface area contributed by atoms with Crippen molar-refractivity contribution >= 4 is 17.9 Å². The summed E-state index contributed by atoms with van der Waals surface area (Å²) in [6.07, 6.45) is -4.59. The Bertz CT molecular complexity index is 558. The van der Waals surface area contributed by atoms with Gasteiger partial charge in [0, 0.05) is 6.42 Å². The minimum Gasteiger partial charge on any atom is -0.464 e. The maximum atomic E-state index is 12.5. The van der Waals surface area contributed by atoms with Crippen LogP contribution in [0.2, 0.25) is 0 Å². The second kappa shape index (κ2) is 5.96. The summed E-state index contributed by atoms with van der Waals surface area (Å²) < 4.78 is 19.6. The van der Waals surface area contributed by atoms with E-state index >= 15 is 0 Å². The Hall–Kier alpha value is -1.75. The maximum absolute atomic E-state index is 12.5. The van der Waals surface area contributed by atoms with E-state index in [1.807, 2.05) is 0 Å². The first-order valence-corrected chi connectivity index (χ1v) is 7.44. The summed E-state index contributed by atoms with van der Waals surface area (Å²) >= 11 is 0. The van der Waals surface area contributed by atoms with Crippen molar-refractivity contribution in [2.75, 3.05) is 13.2 Å². The average molecular weight is 348 g/mol. The molecule has 2 saturated heterocycles. The minimum absolute atomic E-state index is 0.108. The third-order valence-corrected chi connectivity index (χ3v) is 3.99. The number of carbonyl (C=O) groups is 3. The molecule has 2 aliphatic heterocycles. The molecule has 24 heavy (non-hydrogen) atoms. The number of hydrogen-bond donors (Lipinski definition) is 3. The van der Waals surface area contributed by atoms with E-state index < -0.39 is 53.5 Å². The molecule has 136 valence electrons. The lowest BCUT2D eigenvalue weighted by atomic mass is 9.72. The maximum Gasteiger partial charge on any atom is 0.351 e. The van der Waals surface area contributed by atoms with Gasteiger partial charge in [-0.2, -0.15) is 0 Å². The molecule has 2 heterocycles. The summed E-state index contributed by atoms with van der Waals surface area (Å²) in [4.78, 5) is 36.9. The number of carbonyl (C=O) groups excluding carboxylic acids is 3. The van der Waals surface area contributed by atoms with Crippen molar-refractivity contribution in [3.05, 3.63) is 0 Å². The van der Waals surface area contributed by atoms with Crippen molar-refractivity contribution in [2.24, 2.45) is 0 Å². The quantitative estimate of drug-likeness (QED) is 0.384. The fourth-order valence-electron chi connectivity index (χ4n) is 3.02. The van der Waals surface area contributed by atoms with E-state index in [2.05, 4.69) is 0 Å². The van der Waals surface area contributed by atoms with Crippen LogP contribution < -0.4 is 0 Å². The Morgan fingerprint density at radius 3 is 2.38 bits per heavy atom. The van der Waals surface area contributed by atoms with E-state index in [1.54, 1.807) is 0 Å². The van der Waals surface area contributed by atoms with Gasteiger partial charge in [-0.25, -0.2) is 14.4 Å². The summed E-state index contributed by atoms with van der Waals surface area (Å²) in [7, 11) is 0. The Morgan fingerprint density at radius 2 is 1.83 bits per heavy atom. The fraction of sp³-hybridized carbons (Fsp3) is 0.786. The monoisotopic (exact) mass is 348 g/mol. The van der Waals surface area contributed by atoms with Crippen molar-refractivity contribution in [3.8, 4) is 0 Å². The van der Waals surface area contributed by atoms with Gasteiger partial charge in [-0.3, -0.25) is 0 Å². The molecule has 2 aliphatic rings. The molecule has 0 aliphatic carbocycles. The molecule has 0 spiro atoms. The standard InChI is InChI=1S/C14H20O10/c1-4-21-9(16)8-14(11(18)22-5-2)13(20,10(17)23-8)7(15)6-12(3,19)24-14/h7-8,15,19-20H,4-6H2,1-3H3/t7-,8-,12-,13+,14-/m1/s1. The predicted molar refractivity (Wildman–Crippen MR) is 73.2 cm³/mol. The second-order valence-corrected chi connectivity index (χ2v) is 5.76. The van der Waals surface area contributed by atoms with E-state index in [0.717, 1.165) is 6.92 Å². The highest BCUT2D eigenvalue weighted by Gasteiger charge is 2.82. The number of rotatable bonds is 4. The largest absolute Gasteiger partial charge is 0.464 e. The lowest BCUT2D eigenvalue weighted by Gasteiger charge is -2.48. The van der Waals surface area contributed by atoms with Gasteiger partial charge >= 0.3 is 17.9 Å². The van der Waals surface area contributed by atoms with Crippen molar-refractivity contribution in [2.45, 2.75) is 56.4 Å². The molecule has 0 radical (unpaired) electrons. The Kier molecular flexibility index (Phi) is 4.61. The summed E-state index contributed by atoms with van der Waals surface area (Å²) in [6, 6.07) is 0. The Morgan fingerprint density at radius 1 is 1.25 bits per heavy atom. The van der Waals surface area contributed by atoms with Gasteiger partial charge in [0.15, 0.2) is 5.79 Å². The van der Waals surface area contributed by atoms with Crippen LogP contribution in [-0.2, 0) is 33.3 Å². The summed E-state index contributed by atoms with van der Waals surface area (Å²) in [6.45, 7) is 3.74. The highest BCUT2D eigenvalue weighted by Crippen LogP contribution is 2.50. The van der Waals surface area contributed by atoms with E-state index in [0.29, 0.717) is 0 Å². The first kappa shape index (κ1) is 18.6. The zero-order chi connectivity index (χ0) is 18.3. The van der Waals surface area contributed by atoms with Gasteiger partial charge in [-0.05, 0) is 20.8 Å². The zero-order valence-corrected chi connectivity index (χ0v) is 13.5. The van der Waals surface area contributed by atoms with E-state index in [1.165, 1.54) is 13.8 Å². The molecule has 0 saturated carbocycles. The lowest BCUT2D eigenvalue weighted by molar-refractivity contribution is -0.344. The molecule has 0 amide bonds. The second-order valence-electron chi connectivity index (χ2n) is 5.76. The molecule has 0 aromatic carbocycles. The molecule has 0 aromatic heterocycles. The normalized spacial score (nSPS) is 41.3. The molecular weight excluding hydrogens is 328 g/mol. The Balaban J connectivity index is 2.65. The van der Waals surface area contributed by atoms with Crippen LogP contribution in [0.1, 0.15) is 27.2 Å². The number of ether oxygens (including phenoxy) is 4. The van der Waals surface area contributed by atoms with E-state index in [4.69, 9.17) is 18.9 Å². The highest BCUT2D eigenvalue weighted by molar-refractivity contribution is 6.03. The molecule has 2 rings (SSSR count). The van der Waals surface area contributed by atoms with Crippen LogP contribution in [0.15, 0.2) is 0 Å². The van der Waals surface area contributed by atoms with Crippen molar-refractivity contribution in [1.82, 2.24) is 0 Å². The van der Waals surface area contributed by atoms with Gasteiger partial charge in [-0.15, -0.1) is 0 Å². The first-order chi connectivity index (χ1) is 11.1. The summed E-state index contributed by atoms with van der Waals surface area (Å²) in [5.41, 5.74) is -5.73. The van der Waals surface area contributed by atoms with Crippen LogP contribution in [-0.4, -0.2) is 75.6 Å². The van der Waals surface area contributed by atoms with Crippen molar-refractivity contribution in [1.29, 1.82) is 0 Å². The lowest BCUT2D eigenvalue weighted by Crippen LogP contribution is -2.76. The van der Waals surface area contributed by atoms with Crippen LogP contribution in [0.4, 0.5) is 0 Å². The minimum atomic E-state index is -2.93. The topological polar surface area (TPSA) is 149 Å². The highest BCUT2D eigenvalue weighted by atomic mass is 16.7. The molecule has 0 unspecified atom stereocenters. The van der Waals surface area contributed by atoms with Gasteiger partial charge in [0.2, 0.25) is 11.7 Å². The van der Waals surface area contributed by atoms with Crippen LogP contribution >= 0.6 is 0 Å². The zero-order valence-electron chi connectivity index (χ0n) is 13.5. The van der Waals surface area contributed by atoms with Gasteiger partial charge in [-0.1, -0.05) is 0 Å². The van der Waals surface area contributed by atoms with Crippen LogP contribution in [0, 0.1) is 0 Å². The number of esters is 3. The van der Waals surface area contributed by atoms with E-state index in [9.17, 15) is 29.7 Å². The smallest absolute Gasteiger partial charge is 0.351 e. The van der Waals surface area contributed by atoms with Crippen molar-refractivity contribution in [3.63, 3.8) is 0 Å². The van der Waals surface area contributed by atoms with Gasteiger partial charge in [0.1, 0.15) is 6.10 Å². The SMILES string of the molecule is CCOC(=O)[C@H]1OC(=O)[C@@]2(O)[C@H](O)C[C@](C)(O)O[C@@]12C(=O)OCC. The third-order valence-electron chi connectivity index (χ3n) is 3.99. The summed E-state index contributed by atoms with van der Waals surface area (Å²) in [5.74, 6) is -6.11. The molecule has 0 bridgehead atoms. The molecule has 5 atom stereocenters. The van der Waals surface area contributed by atoms with Crippen LogP contribution in [0.25, 0.3) is 0 Å². The van der Waals surface area contributed by atoms with Gasteiger partial charge in [0.05, 0.1) is 13.2 Å².